The first kappa shape index (κ1) is 11.7. The second-order valence-electron chi connectivity index (χ2n) is 3.44. The number of thiophene rings is 1. The van der Waals surface area contributed by atoms with Crippen LogP contribution in [0, 0.1) is 0 Å². The van der Waals surface area contributed by atoms with Gasteiger partial charge < -0.3 is 10.1 Å². The normalized spacial score (nSPS) is 13.0. The molecule has 1 heterocycles. The van der Waals surface area contributed by atoms with Gasteiger partial charge in [0.1, 0.15) is 0 Å². The van der Waals surface area contributed by atoms with Gasteiger partial charge >= 0.3 is 0 Å². The first-order valence-electron chi connectivity index (χ1n) is 5.09. The molecule has 0 fully saturated rings. The van der Waals surface area contributed by atoms with Crippen molar-refractivity contribution in [2.75, 3.05) is 13.7 Å². The molecular weight excluding hydrogens is 194 g/mol. The molecule has 1 atom stereocenters. The van der Waals surface area contributed by atoms with Crippen molar-refractivity contribution in [1.82, 2.24) is 5.32 Å². The Labute approximate surface area is 90.3 Å². The van der Waals surface area contributed by atoms with E-state index in [2.05, 4.69) is 29.8 Å². The minimum absolute atomic E-state index is 0.388. The second-order valence-corrected chi connectivity index (χ2v) is 4.48. The summed E-state index contributed by atoms with van der Waals surface area (Å²) in [5, 5.41) is 5.54. The number of nitrogens with one attached hydrogen (secondary N) is 1. The summed E-state index contributed by atoms with van der Waals surface area (Å²) in [5.41, 5.74) is 0. The van der Waals surface area contributed by atoms with Gasteiger partial charge in [0.25, 0.3) is 0 Å². The highest BCUT2D eigenvalue weighted by molar-refractivity contribution is 7.09. The summed E-state index contributed by atoms with van der Waals surface area (Å²) in [6.45, 7) is 4.18. The molecule has 0 spiro atoms. The van der Waals surface area contributed by atoms with Crippen LogP contribution in [-0.4, -0.2) is 19.8 Å². The Balaban J connectivity index is 1.95. The first-order chi connectivity index (χ1) is 6.83. The van der Waals surface area contributed by atoms with E-state index >= 15 is 0 Å². The van der Waals surface area contributed by atoms with E-state index in [1.54, 1.807) is 18.4 Å². The highest BCUT2D eigenvalue weighted by Crippen LogP contribution is 2.07. The minimum Gasteiger partial charge on any atom is -0.382 e. The molecule has 0 aromatic carbocycles. The van der Waals surface area contributed by atoms with Crippen molar-refractivity contribution >= 4 is 11.3 Å². The second kappa shape index (κ2) is 6.98. The Morgan fingerprint density at radius 2 is 2.43 bits per heavy atom. The fourth-order valence-corrected chi connectivity index (χ4v) is 1.93. The average Bonchev–Trinajstić information content (AvgIpc) is 2.69. The third kappa shape index (κ3) is 4.74. The summed E-state index contributed by atoms with van der Waals surface area (Å²) in [6, 6.07) is 4.25. The van der Waals surface area contributed by atoms with Crippen LogP contribution >= 0.6 is 11.3 Å². The lowest BCUT2D eigenvalue weighted by atomic mass is 10.2. The van der Waals surface area contributed by atoms with Crippen molar-refractivity contribution in [3.63, 3.8) is 0 Å². The van der Waals surface area contributed by atoms with E-state index < -0.39 is 0 Å². The molecule has 0 aliphatic rings. The van der Waals surface area contributed by atoms with Crippen LogP contribution in [0.5, 0.6) is 0 Å². The smallest absolute Gasteiger partial charge is 0.0543 e. The SMILES string of the molecule is COC(C)CCCNCc1cccs1. The maximum atomic E-state index is 5.18. The predicted molar refractivity (Wildman–Crippen MR) is 61.7 cm³/mol. The molecule has 3 heteroatoms. The highest BCUT2D eigenvalue weighted by Gasteiger charge is 1.98. The molecule has 1 rings (SSSR count). The zero-order valence-electron chi connectivity index (χ0n) is 8.95. The van der Waals surface area contributed by atoms with Crippen LogP contribution in [0.3, 0.4) is 0 Å². The van der Waals surface area contributed by atoms with Crippen molar-refractivity contribution < 1.29 is 4.74 Å². The van der Waals surface area contributed by atoms with E-state index in [0.717, 1.165) is 19.5 Å². The maximum Gasteiger partial charge on any atom is 0.0543 e. The van der Waals surface area contributed by atoms with Gasteiger partial charge in [0.05, 0.1) is 6.10 Å². The molecule has 0 amide bonds. The van der Waals surface area contributed by atoms with E-state index in [4.69, 9.17) is 4.74 Å². The third-order valence-electron chi connectivity index (χ3n) is 2.25. The number of hydrogen-bond donors (Lipinski definition) is 1. The molecule has 1 aromatic rings. The fraction of sp³-hybridized carbons (Fsp3) is 0.636. The molecule has 0 bridgehead atoms. The third-order valence-corrected chi connectivity index (χ3v) is 3.12. The fourth-order valence-electron chi connectivity index (χ4n) is 1.26. The minimum atomic E-state index is 0.388. The summed E-state index contributed by atoms with van der Waals surface area (Å²) < 4.78 is 5.18. The van der Waals surface area contributed by atoms with Crippen molar-refractivity contribution in [3.8, 4) is 0 Å². The number of methoxy groups -OCH3 is 1. The quantitative estimate of drug-likeness (QED) is 0.703. The van der Waals surface area contributed by atoms with E-state index in [1.807, 2.05) is 0 Å². The van der Waals surface area contributed by atoms with E-state index in [0.29, 0.717) is 6.10 Å². The molecule has 0 saturated heterocycles. The van der Waals surface area contributed by atoms with Crippen LogP contribution in [0.15, 0.2) is 17.5 Å². The van der Waals surface area contributed by atoms with Crippen LogP contribution in [0.1, 0.15) is 24.6 Å². The van der Waals surface area contributed by atoms with Gasteiger partial charge in [-0.15, -0.1) is 11.3 Å². The summed E-state index contributed by atoms with van der Waals surface area (Å²) in [7, 11) is 1.77. The van der Waals surface area contributed by atoms with Crippen molar-refractivity contribution in [2.24, 2.45) is 0 Å². The molecule has 0 radical (unpaired) electrons. The van der Waals surface area contributed by atoms with E-state index in [-0.39, 0.29) is 0 Å². The molecule has 0 aliphatic carbocycles. The standard InChI is InChI=1S/C11H19NOS/c1-10(13-2)5-3-7-12-9-11-6-4-8-14-11/h4,6,8,10,12H,3,5,7,9H2,1-2H3. The van der Waals surface area contributed by atoms with Crippen molar-refractivity contribution in [3.05, 3.63) is 22.4 Å². The molecule has 1 unspecified atom stereocenters. The summed E-state index contributed by atoms with van der Waals surface area (Å²) in [4.78, 5) is 1.41. The summed E-state index contributed by atoms with van der Waals surface area (Å²) in [5.74, 6) is 0. The monoisotopic (exact) mass is 213 g/mol. The Hall–Kier alpha value is -0.380. The lowest BCUT2D eigenvalue weighted by molar-refractivity contribution is 0.109. The topological polar surface area (TPSA) is 21.3 Å². The van der Waals surface area contributed by atoms with Crippen molar-refractivity contribution in [1.29, 1.82) is 0 Å². The zero-order valence-corrected chi connectivity index (χ0v) is 9.77. The maximum absolute atomic E-state index is 5.18. The lowest BCUT2D eigenvalue weighted by Gasteiger charge is -2.08. The first-order valence-corrected chi connectivity index (χ1v) is 5.97. The molecule has 1 N–H and O–H groups in total. The Morgan fingerprint density at radius 1 is 1.57 bits per heavy atom. The molecular formula is C11H19NOS. The lowest BCUT2D eigenvalue weighted by Crippen LogP contribution is -2.16. The number of hydrogen-bond acceptors (Lipinski definition) is 3. The summed E-state index contributed by atoms with van der Waals surface area (Å²) in [6.07, 6.45) is 2.70. The van der Waals surface area contributed by atoms with Crippen LogP contribution in [0.25, 0.3) is 0 Å². The van der Waals surface area contributed by atoms with Crippen molar-refractivity contribution in [2.45, 2.75) is 32.4 Å². The van der Waals surface area contributed by atoms with Gasteiger partial charge in [0.2, 0.25) is 0 Å². The predicted octanol–water partition coefficient (Wildman–Crippen LogP) is 2.65. The summed E-state index contributed by atoms with van der Waals surface area (Å²) >= 11 is 1.80. The molecule has 0 aliphatic heterocycles. The van der Waals surface area contributed by atoms with Crippen LogP contribution in [-0.2, 0) is 11.3 Å². The molecule has 1 aromatic heterocycles. The molecule has 2 nitrogen and oxygen atoms in total. The van der Waals surface area contributed by atoms with Gasteiger partial charge in [-0.25, -0.2) is 0 Å². The van der Waals surface area contributed by atoms with Gasteiger partial charge in [-0.2, -0.15) is 0 Å². The Kier molecular flexibility index (Phi) is 5.83. The Bertz CT molecular complexity index is 223. The van der Waals surface area contributed by atoms with Gasteiger partial charge in [0, 0.05) is 18.5 Å². The van der Waals surface area contributed by atoms with Crippen LogP contribution in [0.4, 0.5) is 0 Å². The van der Waals surface area contributed by atoms with Gasteiger partial charge in [0.15, 0.2) is 0 Å². The van der Waals surface area contributed by atoms with Gasteiger partial charge in [-0.1, -0.05) is 6.07 Å². The molecule has 0 saturated carbocycles. The highest BCUT2D eigenvalue weighted by atomic mass is 32.1. The van der Waals surface area contributed by atoms with Crippen LogP contribution < -0.4 is 5.32 Å². The molecule has 80 valence electrons. The number of rotatable bonds is 7. The average molecular weight is 213 g/mol. The van der Waals surface area contributed by atoms with Crippen LogP contribution in [0.2, 0.25) is 0 Å². The Morgan fingerprint density at radius 3 is 3.07 bits per heavy atom. The number of ether oxygens (including phenoxy) is 1. The van der Waals surface area contributed by atoms with E-state index in [1.165, 1.54) is 11.3 Å². The van der Waals surface area contributed by atoms with Gasteiger partial charge in [-0.3, -0.25) is 0 Å². The van der Waals surface area contributed by atoms with Gasteiger partial charge in [-0.05, 0) is 37.8 Å². The molecule has 14 heavy (non-hydrogen) atoms. The largest absolute Gasteiger partial charge is 0.382 e. The van der Waals surface area contributed by atoms with E-state index in [9.17, 15) is 0 Å². The zero-order chi connectivity index (χ0) is 10.2.